The Morgan fingerprint density at radius 1 is 1.16 bits per heavy atom. The van der Waals surface area contributed by atoms with Crippen molar-refractivity contribution in [2.45, 2.75) is 12.8 Å². The van der Waals surface area contributed by atoms with Gasteiger partial charge in [0, 0.05) is 0 Å². The summed E-state index contributed by atoms with van der Waals surface area (Å²) in [4.78, 5) is 25.0. The van der Waals surface area contributed by atoms with Crippen LogP contribution in [0.4, 0.5) is 0 Å². The third-order valence-electron chi connectivity index (χ3n) is 2.91. The van der Waals surface area contributed by atoms with E-state index in [1.165, 1.54) is 0 Å². The van der Waals surface area contributed by atoms with E-state index in [2.05, 4.69) is 4.99 Å². The lowest BCUT2D eigenvalue weighted by Crippen LogP contribution is -2.48. The smallest absolute Gasteiger partial charge is 0.309 e. The summed E-state index contributed by atoms with van der Waals surface area (Å²) in [5, 5.41) is 17.2. The highest BCUT2D eigenvalue weighted by Crippen LogP contribution is 2.10. The number of carboxylic acids is 2. The van der Waals surface area contributed by atoms with Gasteiger partial charge in [0.1, 0.15) is 13.1 Å². The number of aliphatic carboxylic acids is 2. The summed E-state index contributed by atoms with van der Waals surface area (Å²) in [6.45, 7) is 3.23. The second kappa shape index (κ2) is 8.57. The molecule has 1 atom stereocenters. The highest BCUT2D eigenvalue weighted by atomic mass is 16.5. The van der Waals surface area contributed by atoms with Crippen LogP contribution in [0, 0.1) is 0 Å². The number of ether oxygens (including phenoxy) is 1. The Morgan fingerprint density at radius 3 is 2.37 bits per heavy atom. The Kier molecular flexibility index (Phi) is 7.89. The van der Waals surface area contributed by atoms with Crippen LogP contribution in [0.3, 0.4) is 0 Å². The van der Waals surface area contributed by atoms with E-state index in [1.807, 2.05) is 0 Å². The van der Waals surface area contributed by atoms with Crippen molar-refractivity contribution in [2.24, 2.45) is 4.99 Å². The molecule has 8 nitrogen and oxygen atoms in total. The van der Waals surface area contributed by atoms with Gasteiger partial charge in [-0.3, -0.25) is 14.1 Å². The van der Waals surface area contributed by atoms with Crippen molar-refractivity contribution >= 4 is 18.3 Å². The number of aliphatic imine (C=N–C) groups is 1. The molecule has 0 aromatic heterocycles. The van der Waals surface area contributed by atoms with E-state index in [1.54, 1.807) is 6.34 Å². The molecule has 0 spiro atoms. The van der Waals surface area contributed by atoms with Gasteiger partial charge in [0.2, 0.25) is 0 Å². The Morgan fingerprint density at radius 2 is 1.84 bits per heavy atom. The molecule has 1 aliphatic heterocycles. The van der Waals surface area contributed by atoms with E-state index in [4.69, 9.17) is 14.9 Å². The summed E-state index contributed by atoms with van der Waals surface area (Å²) in [5.41, 5.74) is 0. The molecule has 0 bridgehead atoms. The zero-order chi connectivity index (χ0) is 13.4. The first kappa shape index (κ1) is 17.5. The molecule has 3 N–H and O–H groups in total. The molecule has 19 heavy (non-hydrogen) atoms. The minimum Gasteiger partial charge on any atom is -0.870 e. The van der Waals surface area contributed by atoms with Gasteiger partial charge < -0.3 is 20.4 Å². The maximum absolute atomic E-state index is 10.6. The summed E-state index contributed by atoms with van der Waals surface area (Å²) >= 11 is 0. The van der Waals surface area contributed by atoms with E-state index in [-0.39, 0.29) is 24.9 Å². The number of quaternary nitrogens is 1. The largest absolute Gasteiger partial charge is 0.870 e. The highest BCUT2D eigenvalue weighted by Gasteiger charge is 2.29. The third kappa shape index (κ3) is 6.85. The first-order valence-corrected chi connectivity index (χ1v) is 5.92. The molecule has 0 amide bonds. The van der Waals surface area contributed by atoms with E-state index in [9.17, 15) is 9.59 Å². The van der Waals surface area contributed by atoms with E-state index < -0.39 is 11.9 Å². The Labute approximate surface area is 111 Å². The van der Waals surface area contributed by atoms with Crippen molar-refractivity contribution in [1.29, 1.82) is 0 Å². The summed E-state index contributed by atoms with van der Waals surface area (Å²) in [5.74, 6) is -1.70. The number of rotatable bonds is 9. The van der Waals surface area contributed by atoms with Crippen LogP contribution in [-0.2, 0) is 14.3 Å². The summed E-state index contributed by atoms with van der Waals surface area (Å²) in [6, 6.07) is 0. The van der Waals surface area contributed by atoms with Gasteiger partial charge >= 0.3 is 11.9 Å². The number of carbonyl (C=O) groups is 2. The molecular weight excluding hydrogens is 256 g/mol. The molecular formula is C11H20N2O6. The van der Waals surface area contributed by atoms with Crippen molar-refractivity contribution < 1.29 is 34.5 Å². The molecule has 0 saturated carbocycles. The fraction of sp³-hybridized carbons (Fsp3) is 0.727. The van der Waals surface area contributed by atoms with E-state index in [0.29, 0.717) is 30.7 Å². The lowest BCUT2D eigenvalue weighted by Gasteiger charge is -2.29. The van der Waals surface area contributed by atoms with E-state index in [0.717, 1.165) is 6.54 Å². The lowest BCUT2D eigenvalue weighted by molar-refractivity contribution is -0.828. The SMILES string of the molecule is O=C(O)CCOCC[N+]1(CCC(=O)O)C=NCC1.[OH-]. The van der Waals surface area contributed by atoms with Gasteiger partial charge in [0.15, 0.2) is 6.34 Å². The monoisotopic (exact) mass is 276 g/mol. The second-order valence-corrected chi connectivity index (χ2v) is 4.31. The molecule has 8 heteroatoms. The first-order chi connectivity index (χ1) is 8.54. The van der Waals surface area contributed by atoms with Gasteiger partial charge in [-0.05, 0) is 0 Å². The standard InChI is InChI=1S/C11H18N2O5.H2O/c14-10(15)1-4-13(5-3-12-9-13)6-8-18-7-2-11(16)17;/h9H,1-8H2,(H-,14,15,16,17);1H2. The molecule has 1 rings (SSSR count). The van der Waals surface area contributed by atoms with Crippen LogP contribution < -0.4 is 0 Å². The zero-order valence-corrected chi connectivity index (χ0v) is 10.7. The van der Waals surface area contributed by atoms with Crippen LogP contribution in [0.5, 0.6) is 0 Å². The molecule has 1 unspecified atom stereocenters. The van der Waals surface area contributed by atoms with Crippen LogP contribution in [0.1, 0.15) is 12.8 Å². The molecule has 1 heterocycles. The van der Waals surface area contributed by atoms with Crippen LogP contribution >= 0.6 is 0 Å². The van der Waals surface area contributed by atoms with Crippen molar-refractivity contribution in [3.8, 4) is 0 Å². The molecule has 0 aliphatic carbocycles. The van der Waals surface area contributed by atoms with Gasteiger partial charge in [0.05, 0.1) is 39.1 Å². The van der Waals surface area contributed by atoms with E-state index >= 15 is 0 Å². The number of hydrogen-bond acceptors (Lipinski definition) is 5. The molecule has 0 aromatic carbocycles. The maximum Gasteiger partial charge on any atom is 0.309 e. The third-order valence-corrected chi connectivity index (χ3v) is 2.91. The number of hydrogen-bond donors (Lipinski definition) is 2. The predicted octanol–water partition coefficient (Wildman–Crippen LogP) is -0.366. The summed E-state index contributed by atoms with van der Waals surface area (Å²) in [7, 11) is 0. The van der Waals surface area contributed by atoms with Crippen LogP contribution in [0.25, 0.3) is 0 Å². The molecule has 0 radical (unpaired) electrons. The van der Waals surface area contributed by atoms with Crippen LogP contribution in [0.2, 0.25) is 0 Å². The van der Waals surface area contributed by atoms with Gasteiger partial charge in [-0.25, -0.2) is 4.99 Å². The quantitative estimate of drug-likeness (QED) is 0.437. The Balaban J connectivity index is 0.00000324. The topological polar surface area (TPSA) is 126 Å². The van der Waals surface area contributed by atoms with Crippen molar-refractivity contribution in [3.63, 3.8) is 0 Å². The van der Waals surface area contributed by atoms with Crippen molar-refractivity contribution in [1.82, 2.24) is 0 Å². The average molecular weight is 276 g/mol. The van der Waals surface area contributed by atoms with Gasteiger partial charge in [-0.15, -0.1) is 0 Å². The summed E-state index contributed by atoms with van der Waals surface area (Å²) in [6.07, 6.45) is 1.87. The zero-order valence-electron chi connectivity index (χ0n) is 10.7. The molecule has 1 aliphatic rings. The van der Waals surface area contributed by atoms with Gasteiger partial charge in [-0.2, -0.15) is 0 Å². The lowest BCUT2D eigenvalue weighted by atomic mass is 10.3. The highest BCUT2D eigenvalue weighted by molar-refractivity contribution is 5.67. The van der Waals surface area contributed by atoms with Crippen LogP contribution in [-0.4, -0.2) is 77.8 Å². The molecule has 0 fully saturated rings. The fourth-order valence-electron chi connectivity index (χ4n) is 1.82. The molecule has 0 saturated heterocycles. The minimum atomic E-state index is -0.882. The molecule has 110 valence electrons. The average Bonchev–Trinajstić information content (AvgIpc) is 2.75. The number of carboxylic acid groups (broad SMARTS) is 2. The van der Waals surface area contributed by atoms with Crippen molar-refractivity contribution in [2.75, 3.05) is 39.4 Å². The second-order valence-electron chi connectivity index (χ2n) is 4.31. The van der Waals surface area contributed by atoms with Gasteiger partial charge in [-0.1, -0.05) is 0 Å². The van der Waals surface area contributed by atoms with Crippen LogP contribution in [0.15, 0.2) is 4.99 Å². The number of nitrogens with zero attached hydrogens (tertiary/aromatic N) is 2. The minimum absolute atomic E-state index is 0. The Bertz CT molecular complexity index is 333. The predicted molar refractivity (Wildman–Crippen MR) is 65.5 cm³/mol. The van der Waals surface area contributed by atoms with Gasteiger partial charge in [0.25, 0.3) is 0 Å². The first-order valence-electron chi connectivity index (χ1n) is 5.92. The Hall–Kier alpha value is -1.51. The molecule has 0 aromatic rings. The van der Waals surface area contributed by atoms with Crippen molar-refractivity contribution in [3.05, 3.63) is 0 Å². The fourth-order valence-corrected chi connectivity index (χ4v) is 1.82. The maximum atomic E-state index is 10.6. The summed E-state index contributed by atoms with van der Waals surface area (Å²) < 4.78 is 5.75. The normalized spacial score (nSPS) is 21.1.